The summed E-state index contributed by atoms with van der Waals surface area (Å²) in [5.74, 6) is -1.57. The molecule has 0 unspecified atom stereocenters. The van der Waals surface area contributed by atoms with E-state index < -0.39 is 22.1 Å². The van der Waals surface area contributed by atoms with Gasteiger partial charge in [0.05, 0.1) is 16.8 Å². The summed E-state index contributed by atoms with van der Waals surface area (Å²) in [7, 11) is 0. The lowest BCUT2D eigenvalue weighted by molar-refractivity contribution is -0.385. The maximum Gasteiger partial charge on any atom is 0.315 e. The molecule has 2 N–H and O–H groups in total. The number of benzene rings is 1. The van der Waals surface area contributed by atoms with Crippen molar-refractivity contribution in [3.63, 3.8) is 0 Å². The van der Waals surface area contributed by atoms with E-state index >= 15 is 0 Å². The molecule has 21 heavy (non-hydrogen) atoms. The van der Waals surface area contributed by atoms with Gasteiger partial charge in [0, 0.05) is 11.6 Å². The van der Waals surface area contributed by atoms with Crippen molar-refractivity contribution in [2.75, 3.05) is 0 Å². The summed E-state index contributed by atoms with van der Waals surface area (Å²) in [4.78, 5) is 17.5. The van der Waals surface area contributed by atoms with Crippen LogP contribution < -0.4 is 0 Å². The van der Waals surface area contributed by atoms with E-state index in [0.29, 0.717) is 0 Å². The second-order valence-corrected chi connectivity index (χ2v) is 3.80. The zero-order chi connectivity index (χ0) is 15.6. The smallest absolute Gasteiger partial charge is 0.315 e. The second-order valence-electron chi connectivity index (χ2n) is 3.80. The van der Waals surface area contributed by atoms with E-state index in [2.05, 4.69) is 9.97 Å². The summed E-state index contributed by atoms with van der Waals surface area (Å²) in [6.45, 7) is 0. The molecule has 2 rings (SSSR count). The number of phenolic OH excluding ortho intramolecular Hbond substituents is 2. The van der Waals surface area contributed by atoms with Gasteiger partial charge in [0.1, 0.15) is 12.1 Å². The fourth-order valence-corrected chi connectivity index (χ4v) is 1.58. The highest BCUT2D eigenvalue weighted by Crippen LogP contribution is 2.38. The van der Waals surface area contributed by atoms with E-state index in [1.54, 1.807) is 12.1 Å². The third kappa shape index (κ3) is 2.39. The molecule has 1 aromatic carbocycles. The molecule has 102 valence electrons. The van der Waals surface area contributed by atoms with Crippen molar-refractivity contribution in [3.05, 3.63) is 39.8 Å². The van der Waals surface area contributed by atoms with E-state index in [-0.39, 0.29) is 22.6 Å². The highest BCUT2D eigenvalue weighted by molar-refractivity contribution is 5.70. The van der Waals surface area contributed by atoms with Gasteiger partial charge in [-0.3, -0.25) is 10.1 Å². The lowest BCUT2D eigenvalue weighted by Gasteiger charge is -2.04. The van der Waals surface area contributed by atoms with Crippen LogP contribution in [0.3, 0.4) is 0 Å². The molecular weight excluding hydrogens is 278 g/mol. The molecule has 1 heterocycles. The van der Waals surface area contributed by atoms with Crippen LogP contribution >= 0.6 is 0 Å². The van der Waals surface area contributed by atoms with E-state index in [9.17, 15) is 20.3 Å². The van der Waals surface area contributed by atoms with Crippen LogP contribution in [0.5, 0.6) is 11.5 Å². The van der Waals surface area contributed by atoms with Crippen molar-refractivity contribution in [1.29, 1.82) is 10.5 Å². The van der Waals surface area contributed by atoms with Crippen LogP contribution in [0, 0.1) is 32.8 Å². The fourth-order valence-electron chi connectivity index (χ4n) is 1.58. The number of aromatic hydroxyl groups is 2. The third-order valence-corrected chi connectivity index (χ3v) is 2.55. The molecule has 0 saturated carbocycles. The van der Waals surface area contributed by atoms with Crippen molar-refractivity contribution in [3.8, 4) is 34.9 Å². The van der Waals surface area contributed by atoms with E-state index in [1.807, 2.05) is 0 Å². The van der Waals surface area contributed by atoms with E-state index in [1.165, 1.54) is 0 Å². The van der Waals surface area contributed by atoms with Crippen molar-refractivity contribution in [2.24, 2.45) is 0 Å². The molecule has 9 nitrogen and oxygen atoms in total. The van der Waals surface area contributed by atoms with Crippen LogP contribution in [0.15, 0.2) is 18.3 Å². The molecule has 0 amide bonds. The lowest BCUT2D eigenvalue weighted by Crippen LogP contribution is -1.97. The predicted molar refractivity (Wildman–Crippen MR) is 66.9 cm³/mol. The molecule has 0 bridgehead atoms. The fraction of sp³-hybridized carbons (Fsp3) is 0. The van der Waals surface area contributed by atoms with Crippen LogP contribution in [0.25, 0.3) is 11.3 Å². The van der Waals surface area contributed by atoms with E-state index in [4.69, 9.17) is 10.5 Å². The number of phenols is 2. The van der Waals surface area contributed by atoms with Crippen molar-refractivity contribution < 1.29 is 15.1 Å². The first-order chi connectivity index (χ1) is 9.97. The van der Waals surface area contributed by atoms with Crippen LogP contribution in [-0.4, -0.2) is 25.1 Å². The zero-order valence-corrected chi connectivity index (χ0v) is 10.2. The molecule has 0 aliphatic rings. The van der Waals surface area contributed by atoms with Gasteiger partial charge in [-0.15, -0.1) is 0 Å². The Morgan fingerprint density at radius 1 is 1.19 bits per heavy atom. The largest absolute Gasteiger partial charge is 0.504 e. The number of aromatic nitrogens is 2. The SMILES string of the molecule is N#Cc1ncc(-c2cc(O)c(O)c([N+](=O)[O-])c2)nc1C#N. The first kappa shape index (κ1) is 13.7. The Bertz CT molecular complexity index is 835. The number of rotatable bonds is 2. The van der Waals surface area contributed by atoms with Crippen molar-refractivity contribution in [2.45, 2.75) is 0 Å². The average molecular weight is 283 g/mol. The second kappa shape index (κ2) is 5.11. The van der Waals surface area contributed by atoms with Gasteiger partial charge in [-0.2, -0.15) is 10.5 Å². The Morgan fingerprint density at radius 2 is 1.86 bits per heavy atom. The Morgan fingerprint density at radius 3 is 2.43 bits per heavy atom. The van der Waals surface area contributed by atoms with E-state index in [0.717, 1.165) is 18.3 Å². The number of nitrogens with zero attached hydrogens (tertiary/aromatic N) is 5. The third-order valence-electron chi connectivity index (χ3n) is 2.55. The highest BCUT2D eigenvalue weighted by Gasteiger charge is 2.20. The first-order valence-corrected chi connectivity index (χ1v) is 5.36. The molecular formula is C12H5N5O4. The van der Waals surface area contributed by atoms with Crippen LogP contribution in [0.4, 0.5) is 5.69 Å². The molecule has 2 aromatic rings. The minimum absolute atomic E-state index is 0.0453. The van der Waals surface area contributed by atoms with Crippen LogP contribution in [0.2, 0.25) is 0 Å². The quantitative estimate of drug-likeness (QED) is 0.472. The minimum Gasteiger partial charge on any atom is -0.504 e. The maximum atomic E-state index is 10.8. The summed E-state index contributed by atoms with van der Waals surface area (Å²) >= 11 is 0. The molecule has 0 atom stereocenters. The zero-order valence-electron chi connectivity index (χ0n) is 10.2. The molecule has 9 heteroatoms. The molecule has 0 fully saturated rings. The summed E-state index contributed by atoms with van der Waals surface area (Å²) in [5.41, 5.74) is -1.02. The van der Waals surface area contributed by atoms with Gasteiger partial charge < -0.3 is 10.2 Å². The molecule has 0 radical (unpaired) electrons. The number of nitriles is 2. The molecule has 0 saturated heterocycles. The summed E-state index contributed by atoms with van der Waals surface area (Å²) in [6, 6.07) is 5.38. The molecule has 1 aromatic heterocycles. The van der Waals surface area contributed by atoms with Crippen molar-refractivity contribution in [1.82, 2.24) is 9.97 Å². The van der Waals surface area contributed by atoms with Gasteiger partial charge in [0.25, 0.3) is 0 Å². The van der Waals surface area contributed by atoms with Gasteiger partial charge in [0.15, 0.2) is 17.1 Å². The Labute approximate surface area is 117 Å². The lowest BCUT2D eigenvalue weighted by atomic mass is 10.1. The number of nitro benzene ring substituents is 1. The maximum absolute atomic E-state index is 10.8. The van der Waals surface area contributed by atoms with Crippen LogP contribution in [0.1, 0.15) is 11.4 Å². The summed E-state index contributed by atoms with van der Waals surface area (Å²) < 4.78 is 0. The first-order valence-electron chi connectivity index (χ1n) is 5.36. The Hall–Kier alpha value is -3.72. The number of hydrogen-bond donors (Lipinski definition) is 2. The van der Waals surface area contributed by atoms with Gasteiger partial charge in [-0.25, -0.2) is 9.97 Å². The highest BCUT2D eigenvalue weighted by atomic mass is 16.6. The van der Waals surface area contributed by atoms with Gasteiger partial charge >= 0.3 is 5.69 Å². The average Bonchev–Trinajstić information content (AvgIpc) is 2.48. The van der Waals surface area contributed by atoms with Crippen LogP contribution in [-0.2, 0) is 0 Å². The summed E-state index contributed by atoms with van der Waals surface area (Å²) in [5, 5.41) is 47.3. The monoisotopic (exact) mass is 283 g/mol. The number of nitro groups is 1. The van der Waals surface area contributed by atoms with Gasteiger partial charge in [-0.05, 0) is 6.07 Å². The molecule has 0 aliphatic carbocycles. The Balaban J connectivity index is 2.66. The topological polar surface area (TPSA) is 157 Å². The van der Waals surface area contributed by atoms with Crippen molar-refractivity contribution >= 4 is 5.69 Å². The normalized spacial score (nSPS) is 9.62. The van der Waals surface area contributed by atoms with Gasteiger partial charge in [0.2, 0.25) is 5.75 Å². The number of hydrogen-bond acceptors (Lipinski definition) is 8. The van der Waals surface area contributed by atoms with Gasteiger partial charge in [-0.1, -0.05) is 0 Å². The Kier molecular flexibility index (Phi) is 3.33. The molecule has 0 spiro atoms. The molecule has 0 aliphatic heterocycles. The predicted octanol–water partition coefficient (Wildman–Crippen LogP) is 1.21. The summed E-state index contributed by atoms with van der Waals surface area (Å²) in [6.07, 6.45) is 1.13. The standard InChI is InChI=1S/C12H5N5O4/c13-3-7-8(4-14)16-9(5-15-7)6-1-10(17(20)21)12(19)11(18)2-6/h1-2,5,18-19H. The minimum atomic E-state index is -0.874.